The molecule has 0 aliphatic heterocycles. The molecule has 98 valence electrons. The Hall–Kier alpha value is -2.24. The molecule has 1 heterocycles. The molecule has 6 heteroatoms. The maximum Gasteiger partial charge on any atom is 0.419 e. The largest absolute Gasteiger partial charge is 0.419 e. The van der Waals surface area contributed by atoms with Crippen molar-refractivity contribution in [3.63, 3.8) is 0 Å². The predicted molar refractivity (Wildman–Crippen MR) is 59.1 cm³/mol. The Bertz CT molecular complexity index is 608. The maximum absolute atomic E-state index is 13.1. The zero-order valence-electron chi connectivity index (χ0n) is 9.41. The minimum atomic E-state index is -4.84. The molecule has 0 bridgehead atoms. The SMILES string of the molecule is O=C(c1cccnc1)c1ccc(F)c(C(F)(F)F)c1. The number of carbonyl (C=O) groups excluding carboxylic acids is 1. The molecule has 0 fully saturated rings. The van der Waals surface area contributed by atoms with E-state index in [1.54, 1.807) is 0 Å². The first kappa shape index (κ1) is 13.2. The van der Waals surface area contributed by atoms with Gasteiger partial charge in [0.05, 0.1) is 5.56 Å². The average molecular weight is 269 g/mol. The lowest BCUT2D eigenvalue weighted by Crippen LogP contribution is -2.11. The van der Waals surface area contributed by atoms with Crippen molar-refractivity contribution in [3.8, 4) is 0 Å². The summed E-state index contributed by atoms with van der Waals surface area (Å²) in [6, 6.07) is 5.06. The molecule has 0 radical (unpaired) electrons. The van der Waals surface area contributed by atoms with Crippen LogP contribution in [-0.2, 0) is 6.18 Å². The number of hydrogen-bond acceptors (Lipinski definition) is 2. The van der Waals surface area contributed by atoms with Crippen LogP contribution in [0.5, 0.6) is 0 Å². The summed E-state index contributed by atoms with van der Waals surface area (Å²) in [7, 11) is 0. The third-order valence-electron chi connectivity index (χ3n) is 2.46. The van der Waals surface area contributed by atoms with Gasteiger partial charge in [-0.25, -0.2) is 4.39 Å². The standard InChI is InChI=1S/C13H7F4NO/c14-11-4-3-8(6-10(11)13(15,16)17)12(19)9-2-1-5-18-7-9/h1-7H. The summed E-state index contributed by atoms with van der Waals surface area (Å²) in [5.41, 5.74) is -1.55. The fraction of sp³-hybridized carbons (Fsp3) is 0.0769. The summed E-state index contributed by atoms with van der Waals surface area (Å²) in [5.74, 6) is -2.05. The van der Waals surface area contributed by atoms with Gasteiger partial charge >= 0.3 is 6.18 Å². The summed E-state index contributed by atoms with van der Waals surface area (Å²) in [6.45, 7) is 0. The molecule has 0 saturated carbocycles. The summed E-state index contributed by atoms with van der Waals surface area (Å²) < 4.78 is 50.7. The van der Waals surface area contributed by atoms with Crippen molar-refractivity contribution >= 4 is 5.78 Å². The molecule has 0 aliphatic rings. The Morgan fingerprint density at radius 1 is 1.11 bits per heavy atom. The Morgan fingerprint density at radius 3 is 2.42 bits per heavy atom. The molecule has 0 atom stereocenters. The first-order chi connectivity index (χ1) is 8.89. The zero-order chi connectivity index (χ0) is 14.0. The second-order valence-electron chi connectivity index (χ2n) is 3.76. The second kappa shape index (κ2) is 4.79. The topological polar surface area (TPSA) is 30.0 Å². The van der Waals surface area contributed by atoms with E-state index < -0.39 is 23.3 Å². The highest BCUT2D eigenvalue weighted by Crippen LogP contribution is 2.32. The van der Waals surface area contributed by atoms with Gasteiger partial charge in [-0.1, -0.05) is 0 Å². The van der Waals surface area contributed by atoms with Crippen LogP contribution in [-0.4, -0.2) is 10.8 Å². The van der Waals surface area contributed by atoms with Crippen LogP contribution in [0.3, 0.4) is 0 Å². The quantitative estimate of drug-likeness (QED) is 0.617. The highest BCUT2D eigenvalue weighted by Gasteiger charge is 2.34. The van der Waals surface area contributed by atoms with Gasteiger partial charge in [0.2, 0.25) is 0 Å². The van der Waals surface area contributed by atoms with Gasteiger partial charge in [-0.05, 0) is 30.3 Å². The highest BCUT2D eigenvalue weighted by molar-refractivity contribution is 6.08. The molecule has 0 spiro atoms. The van der Waals surface area contributed by atoms with Crippen molar-refractivity contribution in [1.29, 1.82) is 0 Å². The van der Waals surface area contributed by atoms with E-state index >= 15 is 0 Å². The van der Waals surface area contributed by atoms with Gasteiger partial charge < -0.3 is 0 Å². The molecule has 1 aromatic carbocycles. The van der Waals surface area contributed by atoms with E-state index in [1.165, 1.54) is 24.5 Å². The first-order valence-corrected chi connectivity index (χ1v) is 5.21. The van der Waals surface area contributed by atoms with Crippen molar-refractivity contribution in [1.82, 2.24) is 4.98 Å². The lowest BCUT2D eigenvalue weighted by Gasteiger charge is -2.09. The minimum Gasteiger partial charge on any atom is -0.289 e. The highest BCUT2D eigenvalue weighted by atomic mass is 19.4. The Balaban J connectivity index is 2.45. The second-order valence-corrected chi connectivity index (χ2v) is 3.76. The Kier molecular flexibility index (Phi) is 3.33. The smallest absolute Gasteiger partial charge is 0.289 e. The summed E-state index contributed by atoms with van der Waals surface area (Å²) in [5, 5.41) is 0. The van der Waals surface area contributed by atoms with Gasteiger partial charge in [0, 0.05) is 23.5 Å². The van der Waals surface area contributed by atoms with Crippen LogP contribution >= 0.6 is 0 Å². The van der Waals surface area contributed by atoms with Gasteiger partial charge in [-0.3, -0.25) is 9.78 Å². The molecule has 0 saturated heterocycles. The van der Waals surface area contributed by atoms with Gasteiger partial charge in [0.25, 0.3) is 0 Å². The van der Waals surface area contributed by atoms with Crippen LogP contribution in [0.1, 0.15) is 21.5 Å². The van der Waals surface area contributed by atoms with Crippen molar-refractivity contribution in [3.05, 3.63) is 65.2 Å². The monoisotopic (exact) mass is 269 g/mol. The van der Waals surface area contributed by atoms with Crippen LogP contribution < -0.4 is 0 Å². The summed E-state index contributed by atoms with van der Waals surface area (Å²) >= 11 is 0. The van der Waals surface area contributed by atoms with E-state index in [-0.39, 0.29) is 11.1 Å². The van der Waals surface area contributed by atoms with E-state index in [1.807, 2.05) is 0 Å². The number of alkyl halides is 3. The van der Waals surface area contributed by atoms with Gasteiger partial charge in [0.15, 0.2) is 5.78 Å². The van der Waals surface area contributed by atoms with Crippen molar-refractivity contribution in [2.45, 2.75) is 6.18 Å². The number of carbonyl (C=O) groups is 1. The molecule has 0 unspecified atom stereocenters. The summed E-state index contributed by atoms with van der Waals surface area (Å²) in [4.78, 5) is 15.6. The average Bonchev–Trinajstić information content (AvgIpc) is 2.38. The van der Waals surface area contributed by atoms with Crippen molar-refractivity contribution in [2.75, 3.05) is 0 Å². The van der Waals surface area contributed by atoms with E-state index in [0.29, 0.717) is 12.1 Å². The Labute approximate surface area is 105 Å². The molecule has 1 aromatic heterocycles. The molecular weight excluding hydrogens is 262 g/mol. The number of halogens is 4. The molecule has 0 N–H and O–H groups in total. The lowest BCUT2D eigenvalue weighted by atomic mass is 10.0. The predicted octanol–water partition coefficient (Wildman–Crippen LogP) is 3.47. The molecule has 19 heavy (non-hydrogen) atoms. The number of rotatable bonds is 2. The fourth-order valence-corrected chi connectivity index (χ4v) is 1.55. The first-order valence-electron chi connectivity index (χ1n) is 5.21. The lowest BCUT2D eigenvalue weighted by molar-refractivity contribution is -0.140. The molecule has 2 nitrogen and oxygen atoms in total. The van der Waals surface area contributed by atoms with Gasteiger partial charge in [0.1, 0.15) is 5.82 Å². The molecule has 2 aromatic rings. The van der Waals surface area contributed by atoms with E-state index in [0.717, 1.165) is 6.07 Å². The zero-order valence-corrected chi connectivity index (χ0v) is 9.41. The molecule has 0 amide bonds. The number of aromatic nitrogens is 1. The van der Waals surface area contributed by atoms with Crippen molar-refractivity contribution in [2.24, 2.45) is 0 Å². The number of ketones is 1. The van der Waals surface area contributed by atoms with Crippen LogP contribution in [0, 0.1) is 5.82 Å². The number of benzene rings is 1. The summed E-state index contributed by atoms with van der Waals surface area (Å²) in [6.07, 6.45) is -2.17. The Morgan fingerprint density at radius 2 is 1.84 bits per heavy atom. The van der Waals surface area contributed by atoms with Crippen LogP contribution in [0.4, 0.5) is 17.6 Å². The minimum absolute atomic E-state index is 0.141. The van der Waals surface area contributed by atoms with Gasteiger partial charge in [-0.15, -0.1) is 0 Å². The van der Waals surface area contributed by atoms with E-state index in [4.69, 9.17) is 0 Å². The third kappa shape index (κ3) is 2.78. The van der Waals surface area contributed by atoms with Crippen LogP contribution in [0.25, 0.3) is 0 Å². The van der Waals surface area contributed by atoms with Gasteiger partial charge in [-0.2, -0.15) is 13.2 Å². The molecule has 0 aliphatic carbocycles. The van der Waals surface area contributed by atoms with E-state index in [9.17, 15) is 22.4 Å². The third-order valence-corrected chi connectivity index (χ3v) is 2.46. The number of pyridine rings is 1. The fourth-order valence-electron chi connectivity index (χ4n) is 1.55. The molecule has 2 rings (SSSR count). The maximum atomic E-state index is 13.1. The van der Waals surface area contributed by atoms with Crippen LogP contribution in [0.15, 0.2) is 42.7 Å². The van der Waals surface area contributed by atoms with Crippen LogP contribution in [0.2, 0.25) is 0 Å². The normalized spacial score (nSPS) is 11.4. The number of hydrogen-bond donors (Lipinski definition) is 0. The molecular formula is C13H7F4NO. The number of nitrogens with zero attached hydrogens (tertiary/aromatic N) is 1. The van der Waals surface area contributed by atoms with E-state index in [2.05, 4.69) is 4.98 Å². The van der Waals surface area contributed by atoms with Crippen molar-refractivity contribution < 1.29 is 22.4 Å².